The van der Waals surface area contributed by atoms with Crippen molar-refractivity contribution < 1.29 is 4.79 Å². The molecule has 0 bridgehead atoms. The number of hydrogen-bond donors (Lipinski definition) is 0. The van der Waals surface area contributed by atoms with E-state index in [1.165, 1.54) is 0 Å². The summed E-state index contributed by atoms with van der Waals surface area (Å²) in [6.07, 6.45) is 0. The Balaban J connectivity index is 2.74. The van der Waals surface area contributed by atoms with Gasteiger partial charge in [-0.05, 0) is 41.5 Å². The first-order valence-electron chi connectivity index (χ1n) is 7.06. The molecule has 2 unspecified atom stereocenters. The van der Waals surface area contributed by atoms with E-state index in [-0.39, 0.29) is 18.1 Å². The molecule has 1 aliphatic heterocycles. The number of piperazine rings is 1. The predicted octanol–water partition coefficient (Wildman–Crippen LogP) is 2.25. The van der Waals surface area contributed by atoms with Gasteiger partial charge in [-0.3, -0.25) is 4.90 Å². The van der Waals surface area contributed by atoms with Gasteiger partial charge in [0.2, 0.25) is 0 Å². The molecule has 0 radical (unpaired) electrons. The lowest BCUT2D eigenvalue weighted by atomic mass is 10.0. The molecule has 4 nitrogen and oxygen atoms in total. The molecule has 1 heterocycles. The van der Waals surface area contributed by atoms with Gasteiger partial charge in [0, 0.05) is 44.3 Å². The molecule has 4 heteroatoms. The van der Waals surface area contributed by atoms with Crippen molar-refractivity contribution in [1.82, 2.24) is 14.7 Å². The lowest BCUT2D eigenvalue weighted by Crippen LogP contribution is -2.62. The van der Waals surface area contributed by atoms with E-state index >= 15 is 0 Å². The molecule has 2 atom stereocenters. The quantitative estimate of drug-likeness (QED) is 0.756. The maximum absolute atomic E-state index is 12.4. The van der Waals surface area contributed by atoms with Crippen LogP contribution in [0.4, 0.5) is 4.79 Å². The second-order valence-corrected chi connectivity index (χ2v) is 5.99. The molecule has 1 aliphatic rings. The molecule has 0 aromatic rings. The van der Waals surface area contributed by atoms with Crippen LogP contribution in [-0.4, -0.2) is 65.0 Å². The summed E-state index contributed by atoms with van der Waals surface area (Å²) in [6, 6.07) is 1.65. The van der Waals surface area contributed by atoms with Gasteiger partial charge in [-0.15, -0.1) is 0 Å². The third-order valence-corrected chi connectivity index (χ3v) is 4.30. The Morgan fingerprint density at radius 3 is 2.11 bits per heavy atom. The van der Waals surface area contributed by atoms with Gasteiger partial charge in [-0.1, -0.05) is 0 Å². The SMILES string of the molecule is CC(C)N(C)C(=O)N1CCN(C(C)C)C(C)C1C. The van der Waals surface area contributed by atoms with Crippen molar-refractivity contribution in [2.24, 2.45) is 0 Å². The zero-order valence-electron chi connectivity index (χ0n) is 13.0. The highest BCUT2D eigenvalue weighted by molar-refractivity contribution is 5.75. The summed E-state index contributed by atoms with van der Waals surface area (Å²) >= 11 is 0. The highest BCUT2D eigenvalue weighted by atomic mass is 16.2. The van der Waals surface area contributed by atoms with E-state index in [2.05, 4.69) is 46.4 Å². The Bertz CT molecular complexity index is 291. The first kappa shape index (κ1) is 15.3. The highest BCUT2D eigenvalue weighted by Crippen LogP contribution is 2.20. The van der Waals surface area contributed by atoms with Gasteiger partial charge >= 0.3 is 6.03 Å². The predicted molar refractivity (Wildman–Crippen MR) is 75.8 cm³/mol. The molecular weight excluding hydrogens is 226 g/mol. The van der Waals surface area contributed by atoms with E-state index < -0.39 is 0 Å². The molecule has 0 spiro atoms. The lowest BCUT2D eigenvalue weighted by molar-refractivity contribution is 0.0265. The molecule has 0 aliphatic carbocycles. The van der Waals surface area contributed by atoms with Gasteiger partial charge in [-0.2, -0.15) is 0 Å². The van der Waals surface area contributed by atoms with Crippen molar-refractivity contribution in [3.8, 4) is 0 Å². The van der Waals surface area contributed by atoms with Gasteiger partial charge in [-0.25, -0.2) is 4.79 Å². The van der Waals surface area contributed by atoms with E-state index in [4.69, 9.17) is 0 Å². The molecule has 1 rings (SSSR count). The van der Waals surface area contributed by atoms with Crippen molar-refractivity contribution in [3.05, 3.63) is 0 Å². The molecule has 106 valence electrons. The Hall–Kier alpha value is -0.770. The Morgan fingerprint density at radius 2 is 1.67 bits per heavy atom. The maximum Gasteiger partial charge on any atom is 0.320 e. The zero-order chi connectivity index (χ0) is 14.0. The summed E-state index contributed by atoms with van der Waals surface area (Å²) in [7, 11) is 1.89. The lowest BCUT2D eigenvalue weighted by Gasteiger charge is -2.47. The number of amides is 2. The largest absolute Gasteiger partial charge is 0.325 e. The minimum Gasteiger partial charge on any atom is -0.325 e. The minimum atomic E-state index is 0.160. The van der Waals surface area contributed by atoms with Crippen LogP contribution in [-0.2, 0) is 0 Å². The Kier molecular flexibility index (Phi) is 5.02. The average Bonchev–Trinajstić information content (AvgIpc) is 2.30. The summed E-state index contributed by atoms with van der Waals surface area (Å²) in [5.74, 6) is 0. The van der Waals surface area contributed by atoms with Crippen LogP contribution in [0.1, 0.15) is 41.5 Å². The third kappa shape index (κ3) is 2.97. The summed E-state index contributed by atoms with van der Waals surface area (Å²) in [4.78, 5) is 18.7. The summed E-state index contributed by atoms with van der Waals surface area (Å²) in [6.45, 7) is 14.7. The van der Waals surface area contributed by atoms with Crippen LogP contribution in [0.25, 0.3) is 0 Å². The van der Waals surface area contributed by atoms with Crippen molar-refractivity contribution >= 4 is 6.03 Å². The van der Waals surface area contributed by atoms with Crippen molar-refractivity contribution in [2.45, 2.75) is 65.7 Å². The van der Waals surface area contributed by atoms with Crippen LogP contribution in [0.15, 0.2) is 0 Å². The molecule has 0 aromatic carbocycles. The fourth-order valence-corrected chi connectivity index (χ4v) is 2.59. The normalized spacial score (nSPS) is 25.9. The topological polar surface area (TPSA) is 26.8 Å². The van der Waals surface area contributed by atoms with E-state index in [1.54, 1.807) is 0 Å². The minimum absolute atomic E-state index is 0.160. The smallest absolute Gasteiger partial charge is 0.320 e. The Morgan fingerprint density at radius 1 is 1.11 bits per heavy atom. The highest BCUT2D eigenvalue weighted by Gasteiger charge is 2.35. The molecule has 18 heavy (non-hydrogen) atoms. The van der Waals surface area contributed by atoms with Gasteiger partial charge in [0.15, 0.2) is 0 Å². The molecule has 2 amide bonds. The summed E-state index contributed by atoms with van der Waals surface area (Å²) in [5, 5.41) is 0. The van der Waals surface area contributed by atoms with E-state index in [0.29, 0.717) is 12.1 Å². The van der Waals surface area contributed by atoms with E-state index in [1.807, 2.05) is 16.8 Å². The third-order valence-electron chi connectivity index (χ3n) is 4.30. The van der Waals surface area contributed by atoms with Crippen LogP contribution in [0, 0.1) is 0 Å². The standard InChI is InChI=1S/C14H29N3O/c1-10(2)15(7)14(18)17-9-8-16(11(3)4)12(5)13(17)6/h10-13H,8-9H2,1-7H3. The summed E-state index contributed by atoms with van der Waals surface area (Å²) < 4.78 is 0. The number of hydrogen-bond acceptors (Lipinski definition) is 2. The van der Waals surface area contributed by atoms with Crippen molar-refractivity contribution in [1.29, 1.82) is 0 Å². The van der Waals surface area contributed by atoms with Gasteiger partial charge < -0.3 is 9.80 Å². The van der Waals surface area contributed by atoms with Gasteiger partial charge in [0.05, 0.1) is 0 Å². The molecular formula is C14H29N3O. The second-order valence-electron chi connectivity index (χ2n) is 5.99. The van der Waals surface area contributed by atoms with Gasteiger partial charge in [0.25, 0.3) is 0 Å². The van der Waals surface area contributed by atoms with Crippen molar-refractivity contribution in [2.75, 3.05) is 20.1 Å². The molecule has 0 aromatic heterocycles. The van der Waals surface area contributed by atoms with Crippen LogP contribution in [0.3, 0.4) is 0 Å². The number of carbonyl (C=O) groups excluding carboxylic acids is 1. The fourth-order valence-electron chi connectivity index (χ4n) is 2.59. The Labute approximate surface area is 112 Å². The van der Waals surface area contributed by atoms with Crippen molar-refractivity contribution in [3.63, 3.8) is 0 Å². The fraction of sp³-hybridized carbons (Fsp3) is 0.929. The molecule has 1 fully saturated rings. The van der Waals surface area contributed by atoms with Crippen LogP contribution < -0.4 is 0 Å². The zero-order valence-corrected chi connectivity index (χ0v) is 13.0. The van der Waals surface area contributed by atoms with Crippen LogP contribution in [0.5, 0.6) is 0 Å². The number of rotatable bonds is 2. The first-order chi connectivity index (χ1) is 8.27. The van der Waals surface area contributed by atoms with Crippen LogP contribution in [0.2, 0.25) is 0 Å². The van der Waals surface area contributed by atoms with Gasteiger partial charge in [0.1, 0.15) is 0 Å². The number of carbonyl (C=O) groups is 1. The van der Waals surface area contributed by atoms with E-state index in [9.17, 15) is 4.79 Å². The van der Waals surface area contributed by atoms with Crippen LogP contribution >= 0.6 is 0 Å². The average molecular weight is 255 g/mol. The molecule has 1 saturated heterocycles. The maximum atomic E-state index is 12.4. The summed E-state index contributed by atoms with van der Waals surface area (Å²) in [5.41, 5.74) is 0. The number of nitrogens with zero attached hydrogens (tertiary/aromatic N) is 3. The monoisotopic (exact) mass is 255 g/mol. The molecule has 0 saturated carbocycles. The van der Waals surface area contributed by atoms with E-state index in [0.717, 1.165) is 13.1 Å². The number of urea groups is 1. The molecule has 0 N–H and O–H groups in total. The second kappa shape index (κ2) is 5.91. The first-order valence-corrected chi connectivity index (χ1v) is 7.06.